The molecular formula is C15H30. The first-order chi connectivity index (χ1) is 6.60. The molecule has 0 unspecified atom stereocenters. The Morgan fingerprint density at radius 3 is 1.87 bits per heavy atom. The van der Waals surface area contributed by atoms with Crippen LogP contribution >= 0.6 is 0 Å². The van der Waals surface area contributed by atoms with Crippen molar-refractivity contribution >= 4 is 0 Å². The van der Waals surface area contributed by atoms with Crippen molar-refractivity contribution in [3.63, 3.8) is 0 Å². The molecule has 0 aromatic rings. The zero-order chi connectivity index (χ0) is 12.1. The molecule has 0 nitrogen and oxygen atoms in total. The first kappa shape index (κ1) is 14.7. The molecule has 0 N–H and O–H groups in total. The lowest BCUT2D eigenvalue weighted by Crippen LogP contribution is -2.04. The number of hydrogen-bond acceptors (Lipinski definition) is 0. The highest BCUT2D eigenvalue weighted by Crippen LogP contribution is 2.24. The van der Waals surface area contributed by atoms with Gasteiger partial charge in [-0.3, -0.25) is 0 Å². The summed E-state index contributed by atoms with van der Waals surface area (Å²) in [4.78, 5) is 0. The van der Waals surface area contributed by atoms with Crippen LogP contribution in [-0.2, 0) is 0 Å². The van der Waals surface area contributed by atoms with Gasteiger partial charge in [-0.15, -0.1) is 0 Å². The van der Waals surface area contributed by atoms with E-state index in [-0.39, 0.29) is 0 Å². The third-order valence-electron chi connectivity index (χ3n) is 2.43. The summed E-state index contributed by atoms with van der Waals surface area (Å²) >= 11 is 0. The fourth-order valence-corrected chi connectivity index (χ4v) is 1.87. The fourth-order valence-electron chi connectivity index (χ4n) is 1.87. The minimum absolute atomic E-state index is 0.341. The van der Waals surface area contributed by atoms with Gasteiger partial charge in [-0.2, -0.15) is 0 Å². The van der Waals surface area contributed by atoms with Crippen LogP contribution in [0, 0.1) is 10.8 Å². The van der Waals surface area contributed by atoms with Gasteiger partial charge in [-0.05, 0) is 37.0 Å². The predicted molar refractivity (Wildman–Crippen MR) is 71.1 cm³/mol. The quantitative estimate of drug-likeness (QED) is 0.419. The molecule has 0 fully saturated rings. The third kappa shape index (κ3) is 11.7. The van der Waals surface area contributed by atoms with Crippen molar-refractivity contribution in [1.82, 2.24) is 0 Å². The first-order valence-electron chi connectivity index (χ1n) is 6.28. The van der Waals surface area contributed by atoms with Gasteiger partial charge in [0.2, 0.25) is 0 Å². The molecule has 0 heteroatoms. The Morgan fingerprint density at radius 2 is 1.47 bits per heavy atom. The monoisotopic (exact) mass is 210 g/mol. The van der Waals surface area contributed by atoms with Crippen LogP contribution in [0.3, 0.4) is 0 Å². The molecule has 90 valence electrons. The van der Waals surface area contributed by atoms with Crippen LogP contribution in [0.15, 0.2) is 11.6 Å². The van der Waals surface area contributed by atoms with Crippen molar-refractivity contribution in [3.05, 3.63) is 11.6 Å². The minimum atomic E-state index is 0.341. The van der Waals surface area contributed by atoms with E-state index in [1.807, 2.05) is 0 Å². The zero-order valence-corrected chi connectivity index (χ0v) is 11.9. The molecule has 0 saturated carbocycles. The Hall–Kier alpha value is -0.260. The van der Waals surface area contributed by atoms with Gasteiger partial charge in [-0.1, -0.05) is 59.6 Å². The number of unbranched alkanes of at least 4 members (excludes halogenated alkanes) is 1. The highest BCUT2D eigenvalue weighted by atomic mass is 14.2. The van der Waals surface area contributed by atoms with E-state index in [0.717, 1.165) is 0 Å². The molecule has 0 rings (SSSR count). The van der Waals surface area contributed by atoms with Crippen LogP contribution in [0.4, 0.5) is 0 Å². The molecule has 0 aliphatic carbocycles. The summed E-state index contributed by atoms with van der Waals surface area (Å²) in [6, 6.07) is 0. The lowest BCUT2D eigenvalue weighted by Gasteiger charge is -2.18. The highest BCUT2D eigenvalue weighted by molar-refractivity contribution is 5.03. The van der Waals surface area contributed by atoms with Crippen LogP contribution in [-0.4, -0.2) is 0 Å². The maximum atomic E-state index is 2.41. The lowest BCUT2D eigenvalue weighted by molar-refractivity contribution is 0.360. The molecule has 15 heavy (non-hydrogen) atoms. The zero-order valence-electron chi connectivity index (χ0n) is 11.9. The smallest absolute Gasteiger partial charge is 0.0201 e. The van der Waals surface area contributed by atoms with E-state index in [2.05, 4.69) is 54.5 Å². The van der Waals surface area contributed by atoms with Crippen molar-refractivity contribution in [2.75, 3.05) is 0 Å². The van der Waals surface area contributed by atoms with Gasteiger partial charge in [-0.25, -0.2) is 0 Å². The van der Waals surface area contributed by atoms with E-state index in [1.165, 1.54) is 25.7 Å². The van der Waals surface area contributed by atoms with E-state index in [4.69, 9.17) is 0 Å². The third-order valence-corrected chi connectivity index (χ3v) is 2.43. The average Bonchev–Trinajstić information content (AvgIpc) is 1.92. The van der Waals surface area contributed by atoms with Gasteiger partial charge in [0.05, 0.1) is 0 Å². The SMILES string of the molecule is C/C(=C/C(C)(C)C)CCCCC(C)(C)C. The van der Waals surface area contributed by atoms with Crippen molar-refractivity contribution in [1.29, 1.82) is 0 Å². The molecule has 0 aliphatic heterocycles. The Labute approximate surface area is 97.2 Å². The Kier molecular flexibility index (Phi) is 5.62. The molecule has 0 atom stereocenters. The van der Waals surface area contributed by atoms with Crippen LogP contribution in [0.2, 0.25) is 0 Å². The summed E-state index contributed by atoms with van der Waals surface area (Å²) in [5.41, 5.74) is 2.40. The molecule has 0 bridgehead atoms. The largest absolute Gasteiger partial charge is 0.0802 e. The summed E-state index contributed by atoms with van der Waals surface area (Å²) in [6.45, 7) is 16.0. The Morgan fingerprint density at radius 1 is 0.933 bits per heavy atom. The summed E-state index contributed by atoms with van der Waals surface area (Å²) < 4.78 is 0. The van der Waals surface area contributed by atoms with Gasteiger partial charge < -0.3 is 0 Å². The number of allylic oxidation sites excluding steroid dienone is 2. The van der Waals surface area contributed by atoms with Gasteiger partial charge in [0.25, 0.3) is 0 Å². The second kappa shape index (κ2) is 5.72. The topological polar surface area (TPSA) is 0 Å². The molecular weight excluding hydrogens is 180 g/mol. The van der Waals surface area contributed by atoms with Crippen LogP contribution in [0.25, 0.3) is 0 Å². The lowest BCUT2D eigenvalue weighted by atomic mass is 9.88. The van der Waals surface area contributed by atoms with Crippen LogP contribution < -0.4 is 0 Å². The summed E-state index contributed by atoms with van der Waals surface area (Å²) in [5.74, 6) is 0. The van der Waals surface area contributed by atoms with Gasteiger partial charge >= 0.3 is 0 Å². The van der Waals surface area contributed by atoms with E-state index in [9.17, 15) is 0 Å². The predicted octanol–water partition coefficient (Wildman–Crippen LogP) is 5.59. The molecule has 0 spiro atoms. The van der Waals surface area contributed by atoms with Crippen molar-refractivity contribution in [2.45, 2.75) is 74.1 Å². The standard InChI is InChI=1S/C15H30/c1-13(12-15(5,6)7)10-8-9-11-14(2,3)4/h12H,8-11H2,1-7H3/b13-12-. The number of rotatable bonds is 4. The molecule has 0 aromatic heterocycles. The first-order valence-corrected chi connectivity index (χ1v) is 6.28. The second-order valence-electron chi connectivity index (χ2n) is 7.12. The van der Waals surface area contributed by atoms with Gasteiger partial charge in [0, 0.05) is 0 Å². The second-order valence-corrected chi connectivity index (χ2v) is 7.12. The Bertz CT molecular complexity index is 195. The van der Waals surface area contributed by atoms with E-state index < -0.39 is 0 Å². The van der Waals surface area contributed by atoms with Crippen molar-refractivity contribution in [3.8, 4) is 0 Å². The molecule has 0 amide bonds. The molecule has 0 radical (unpaired) electrons. The molecule has 0 heterocycles. The average molecular weight is 210 g/mol. The minimum Gasteiger partial charge on any atom is -0.0802 e. The fraction of sp³-hybridized carbons (Fsp3) is 0.867. The summed E-state index contributed by atoms with van der Waals surface area (Å²) in [7, 11) is 0. The highest BCUT2D eigenvalue weighted by Gasteiger charge is 2.09. The van der Waals surface area contributed by atoms with E-state index in [0.29, 0.717) is 10.8 Å². The summed E-state index contributed by atoms with van der Waals surface area (Å²) in [5, 5.41) is 0. The van der Waals surface area contributed by atoms with Crippen molar-refractivity contribution < 1.29 is 0 Å². The van der Waals surface area contributed by atoms with Crippen LogP contribution in [0.5, 0.6) is 0 Å². The van der Waals surface area contributed by atoms with Crippen molar-refractivity contribution in [2.24, 2.45) is 10.8 Å². The maximum Gasteiger partial charge on any atom is -0.0201 e. The maximum absolute atomic E-state index is 2.41. The molecule has 0 aliphatic rings. The van der Waals surface area contributed by atoms with E-state index in [1.54, 1.807) is 5.57 Å². The van der Waals surface area contributed by atoms with Gasteiger partial charge in [0.1, 0.15) is 0 Å². The van der Waals surface area contributed by atoms with Gasteiger partial charge in [0.15, 0.2) is 0 Å². The van der Waals surface area contributed by atoms with E-state index >= 15 is 0 Å². The number of hydrogen-bond donors (Lipinski definition) is 0. The normalized spacial score (nSPS) is 14.5. The molecule has 0 aromatic carbocycles. The van der Waals surface area contributed by atoms with Crippen LogP contribution in [0.1, 0.15) is 74.1 Å². The Balaban J connectivity index is 3.74. The molecule has 0 saturated heterocycles. The summed E-state index contributed by atoms with van der Waals surface area (Å²) in [6.07, 6.45) is 7.72.